The highest BCUT2D eigenvalue weighted by Gasteiger charge is 2.25. The molecule has 284 valence electrons. The van der Waals surface area contributed by atoms with Gasteiger partial charge in [0.05, 0.1) is 13.2 Å². The van der Waals surface area contributed by atoms with E-state index < -0.39 is 26.5 Å². The van der Waals surface area contributed by atoms with Gasteiger partial charge in [0.15, 0.2) is 6.10 Å². The Morgan fingerprint density at radius 1 is 0.571 bits per heavy atom. The highest BCUT2D eigenvalue weighted by Crippen LogP contribution is 2.43. The van der Waals surface area contributed by atoms with Crippen LogP contribution in [0.3, 0.4) is 0 Å². The Balaban J connectivity index is 4.16. The number of phosphoric ester groups is 1. The van der Waals surface area contributed by atoms with Gasteiger partial charge in [-0.3, -0.25) is 18.6 Å². The Hall–Kier alpha value is -1.99. The van der Waals surface area contributed by atoms with Crippen molar-refractivity contribution in [3.8, 4) is 0 Å². The van der Waals surface area contributed by atoms with Crippen LogP contribution < -0.4 is 0 Å². The molecule has 2 atom stereocenters. The third-order valence-corrected chi connectivity index (χ3v) is 8.93. The van der Waals surface area contributed by atoms with Gasteiger partial charge in [0, 0.05) is 12.8 Å². The SMILES string of the molecule is CC/C=C\C/C=C\C/C=C\CCCCCCCCCC(=O)OC(COC(=O)CCCCCCC/C=C\CCCCC)COP(=O)(O)OCC. The molecule has 9 heteroatoms. The normalized spacial score (nSPS) is 14.0. The highest BCUT2D eigenvalue weighted by molar-refractivity contribution is 7.47. The minimum absolute atomic E-state index is 0.00451. The van der Waals surface area contributed by atoms with Crippen LogP contribution in [-0.4, -0.2) is 42.8 Å². The summed E-state index contributed by atoms with van der Waals surface area (Å²) in [6.45, 7) is 5.30. The minimum atomic E-state index is -4.28. The molecule has 0 amide bonds. The number of carbonyl (C=O) groups excluding carboxylic acids is 2. The molecule has 0 fully saturated rings. The molecule has 0 aliphatic rings. The third-order valence-electron chi connectivity index (χ3n) is 7.87. The van der Waals surface area contributed by atoms with Crippen molar-refractivity contribution < 1.29 is 37.6 Å². The van der Waals surface area contributed by atoms with Gasteiger partial charge in [0.25, 0.3) is 0 Å². The third kappa shape index (κ3) is 35.6. The molecule has 0 aliphatic heterocycles. The summed E-state index contributed by atoms with van der Waals surface area (Å²) in [6.07, 6.45) is 40.2. The molecule has 0 radical (unpaired) electrons. The highest BCUT2D eigenvalue weighted by atomic mass is 31.2. The van der Waals surface area contributed by atoms with Crippen LogP contribution in [0.15, 0.2) is 48.6 Å². The van der Waals surface area contributed by atoms with Crippen molar-refractivity contribution in [2.45, 2.75) is 175 Å². The second kappa shape index (κ2) is 35.8. The zero-order chi connectivity index (χ0) is 36.1. The molecule has 1 N–H and O–H groups in total. The van der Waals surface area contributed by atoms with Gasteiger partial charge in [-0.05, 0) is 77.6 Å². The largest absolute Gasteiger partial charge is 0.472 e. The lowest BCUT2D eigenvalue weighted by Crippen LogP contribution is -2.29. The molecular formula is C40H71O8P. The van der Waals surface area contributed by atoms with Crippen LogP contribution in [0.5, 0.6) is 0 Å². The maximum Gasteiger partial charge on any atom is 0.472 e. The first-order chi connectivity index (χ1) is 23.8. The molecule has 0 saturated heterocycles. The first-order valence-electron chi connectivity index (χ1n) is 19.4. The first-order valence-corrected chi connectivity index (χ1v) is 20.9. The molecule has 8 nitrogen and oxygen atoms in total. The number of phosphoric acid groups is 1. The summed E-state index contributed by atoms with van der Waals surface area (Å²) in [6, 6.07) is 0. The van der Waals surface area contributed by atoms with E-state index in [9.17, 15) is 19.0 Å². The summed E-state index contributed by atoms with van der Waals surface area (Å²) in [7, 11) is -4.28. The van der Waals surface area contributed by atoms with E-state index in [1.165, 1.54) is 44.9 Å². The zero-order valence-electron chi connectivity index (χ0n) is 31.3. The van der Waals surface area contributed by atoms with Crippen molar-refractivity contribution in [1.82, 2.24) is 0 Å². The molecule has 0 aromatic carbocycles. The molecule has 0 spiro atoms. The smallest absolute Gasteiger partial charge is 0.462 e. The number of unbranched alkanes of at least 4 members (excludes halogenated alkanes) is 15. The molecule has 0 aromatic heterocycles. The predicted octanol–water partition coefficient (Wildman–Crippen LogP) is 11.8. The number of ether oxygens (including phenoxy) is 2. The average molecular weight is 711 g/mol. The van der Waals surface area contributed by atoms with E-state index in [2.05, 4.69) is 62.5 Å². The van der Waals surface area contributed by atoms with Crippen LogP contribution in [0.2, 0.25) is 0 Å². The topological polar surface area (TPSA) is 108 Å². The van der Waals surface area contributed by atoms with Crippen LogP contribution in [0, 0.1) is 0 Å². The van der Waals surface area contributed by atoms with Gasteiger partial charge in [-0.15, -0.1) is 0 Å². The molecule has 0 rings (SSSR count). The van der Waals surface area contributed by atoms with Crippen molar-refractivity contribution in [3.05, 3.63) is 48.6 Å². The average Bonchev–Trinajstić information content (AvgIpc) is 3.07. The Kier molecular flexibility index (Phi) is 34.4. The van der Waals surface area contributed by atoms with Gasteiger partial charge in [-0.1, -0.05) is 127 Å². The number of hydrogen-bond donors (Lipinski definition) is 1. The van der Waals surface area contributed by atoms with Gasteiger partial charge in [-0.25, -0.2) is 4.57 Å². The van der Waals surface area contributed by atoms with Crippen LogP contribution in [0.25, 0.3) is 0 Å². The van der Waals surface area contributed by atoms with Crippen molar-refractivity contribution in [2.75, 3.05) is 19.8 Å². The van der Waals surface area contributed by atoms with E-state index >= 15 is 0 Å². The molecule has 0 heterocycles. The Morgan fingerprint density at radius 3 is 1.59 bits per heavy atom. The standard InChI is InChI=1S/C40H71O8P/c1-4-7-9-11-13-15-17-19-20-21-22-23-25-27-29-31-33-35-40(42)48-38(37-47-49(43,44)46-6-3)36-45-39(41)34-32-30-28-26-24-18-16-14-12-10-8-5-2/h7,9,13-16,19-20,38H,4-6,8,10-12,17-18,21-37H2,1-3H3,(H,43,44)/b9-7-,15-13-,16-14-,20-19-. The van der Waals surface area contributed by atoms with Crippen molar-refractivity contribution in [3.63, 3.8) is 0 Å². The summed E-state index contributed by atoms with van der Waals surface area (Å²) in [5.74, 6) is -0.823. The van der Waals surface area contributed by atoms with Crippen LogP contribution >= 0.6 is 7.82 Å². The molecule has 0 aromatic rings. The van der Waals surface area contributed by atoms with E-state index in [-0.39, 0.29) is 32.0 Å². The van der Waals surface area contributed by atoms with Gasteiger partial charge in [0.2, 0.25) is 0 Å². The second-order valence-electron chi connectivity index (χ2n) is 12.6. The molecular weight excluding hydrogens is 639 g/mol. The van der Waals surface area contributed by atoms with Gasteiger partial charge in [-0.2, -0.15) is 0 Å². The quantitative estimate of drug-likeness (QED) is 0.0300. The van der Waals surface area contributed by atoms with Gasteiger partial charge in [0.1, 0.15) is 6.61 Å². The van der Waals surface area contributed by atoms with E-state index in [1.54, 1.807) is 6.92 Å². The number of hydrogen-bond acceptors (Lipinski definition) is 7. The molecule has 49 heavy (non-hydrogen) atoms. The van der Waals surface area contributed by atoms with E-state index in [0.717, 1.165) is 83.5 Å². The van der Waals surface area contributed by atoms with E-state index in [0.29, 0.717) is 6.42 Å². The Labute approximate surface area is 299 Å². The molecule has 0 saturated carbocycles. The minimum Gasteiger partial charge on any atom is -0.462 e. The monoisotopic (exact) mass is 710 g/mol. The maximum absolute atomic E-state index is 12.5. The zero-order valence-corrected chi connectivity index (χ0v) is 32.2. The first kappa shape index (κ1) is 47.0. The number of esters is 2. The number of rotatable bonds is 35. The fourth-order valence-corrected chi connectivity index (χ4v) is 5.80. The van der Waals surface area contributed by atoms with Crippen molar-refractivity contribution >= 4 is 19.8 Å². The Morgan fingerprint density at radius 2 is 1.04 bits per heavy atom. The summed E-state index contributed by atoms with van der Waals surface area (Å²) in [4.78, 5) is 34.6. The summed E-state index contributed by atoms with van der Waals surface area (Å²) in [5, 5.41) is 0. The van der Waals surface area contributed by atoms with Crippen LogP contribution in [-0.2, 0) is 32.7 Å². The molecule has 0 aliphatic carbocycles. The van der Waals surface area contributed by atoms with Gasteiger partial charge < -0.3 is 14.4 Å². The van der Waals surface area contributed by atoms with Crippen molar-refractivity contribution in [2.24, 2.45) is 0 Å². The second-order valence-corrected chi connectivity index (χ2v) is 14.0. The van der Waals surface area contributed by atoms with Crippen LogP contribution in [0.4, 0.5) is 0 Å². The summed E-state index contributed by atoms with van der Waals surface area (Å²) >= 11 is 0. The predicted molar refractivity (Wildman–Crippen MR) is 202 cm³/mol. The van der Waals surface area contributed by atoms with Crippen LogP contribution in [0.1, 0.15) is 168 Å². The molecule has 2 unspecified atom stereocenters. The lowest BCUT2D eigenvalue weighted by molar-refractivity contribution is -0.161. The van der Waals surface area contributed by atoms with Gasteiger partial charge >= 0.3 is 19.8 Å². The lowest BCUT2D eigenvalue weighted by atomic mass is 10.1. The Bertz CT molecular complexity index is 943. The number of carbonyl (C=O) groups is 2. The molecule has 0 bridgehead atoms. The van der Waals surface area contributed by atoms with Crippen molar-refractivity contribution in [1.29, 1.82) is 0 Å². The number of allylic oxidation sites excluding steroid dienone is 8. The summed E-state index contributed by atoms with van der Waals surface area (Å²) < 4.78 is 32.5. The lowest BCUT2D eigenvalue weighted by Gasteiger charge is -2.19. The fraction of sp³-hybridized carbons (Fsp3) is 0.750. The maximum atomic E-state index is 12.5. The van der Waals surface area contributed by atoms with E-state index in [4.69, 9.17) is 18.5 Å². The fourth-order valence-electron chi connectivity index (χ4n) is 5.05. The van der Waals surface area contributed by atoms with E-state index in [1.807, 2.05) is 0 Å². The summed E-state index contributed by atoms with van der Waals surface area (Å²) in [5.41, 5.74) is 0.